The van der Waals surface area contributed by atoms with Crippen molar-refractivity contribution < 1.29 is 18.3 Å². The first-order valence-electron chi connectivity index (χ1n) is 5.85. The van der Waals surface area contributed by atoms with E-state index in [1.165, 1.54) is 0 Å². The van der Waals surface area contributed by atoms with Crippen LogP contribution in [0.5, 0.6) is 0 Å². The molecule has 2 N–H and O–H groups in total. The molecule has 0 saturated heterocycles. The molecule has 1 unspecified atom stereocenters. The summed E-state index contributed by atoms with van der Waals surface area (Å²) < 4.78 is 36.1. The van der Waals surface area contributed by atoms with E-state index in [2.05, 4.69) is 12.2 Å². The van der Waals surface area contributed by atoms with E-state index < -0.39 is 18.8 Å². The van der Waals surface area contributed by atoms with Crippen LogP contribution in [-0.4, -0.2) is 30.5 Å². The third-order valence-corrected chi connectivity index (χ3v) is 3.63. The highest BCUT2D eigenvalue weighted by Crippen LogP contribution is 2.40. The monoisotopic (exact) mass is 239 g/mol. The fraction of sp³-hybridized carbons (Fsp3) is 1.00. The molecular formula is C11H20F3NO. The summed E-state index contributed by atoms with van der Waals surface area (Å²) in [7, 11) is 0. The molecule has 0 spiro atoms. The maximum absolute atomic E-state index is 12.0. The van der Waals surface area contributed by atoms with Crippen molar-refractivity contribution in [2.24, 2.45) is 5.41 Å². The van der Waals surface area contributed by atoms with Crippen molar-refractivity contribution in [1.82, 2.24) is 5.32 Å². The van der Waals surface area contributed by atoms with Crippen LogP contribution in [0.25, 0.3) is 0 Å². The normalized spacial score (nSPS) is 22.3. The quantitative estimate of drug-likeness (QED) is 0.772. The summed E-state index contributed by atoms with van der Waals surface area (Å²) >= 11 is 0. The van der Waals surface area contributed by atoms with E-state index in [0.717, 1.165) is 32.1 Å². The van der Waals surface area contributed by atoms with Gasteiger partial charge < -0.3 is 10.4 Å². The fourth-order valence-electron chi connectivity index (χ4n) is 2.37. The van der Waals surface area contributed by atoms with Crippen molar-refractivity contribution in [3.05, 3.63) is 0 Å². The molecule has 0 aromatic heterocycles. The largest absolute Gasteiger partial charge is 0.415 e. The summed E-state index contributed by atoms with van der Waals surface area (Å²) in [6.45, 7) is 2.26. The van der Waals surface area contributed by atoms with Crippen molar-refractivity contribution in [3.8, 4) is 0 Å². The van der Waals surface area contributed by atoms with Crippen LogP contribution in [0, 0.1) is 5.41 Å². The average molecular weight is 239 g/mol. The molecule has 0 radical (unpaired) electrons. The van der Waals surface area contributed by atoms with E-state index in [9.17, 15) is 13.2 Å². The van der Waals surface area contributed by atoms with E-state index >= 15 is 0 Å². The molecular weight excluding hydrogens is 219 g/mol. The Morgan fingerprint density at radius 1 is 1.31 bits per heavy atom. The predicted octanol–water partition coefficient (Wildman–Crippen LogP) is 2.47. The lowest BCUT2D eigenvalue weighted by Crippen LogP contribution is -2.42. The molecule has 96 valence electrons. The van der Waals surface area contributed by atoms with Gasteiger partial charge in [-0.05, 0) is 24.7 Å². The zero-order valence-corrected chi connectivity index (χ0v) is 9.61. The standard InChI is InChI=1S/C11H20F3NO/c1-2-10(5-3-4-6-10)8-15-7-9(16)11(12,13)14/h9,15-16H,2-8H2,1H3. The number of rotatable bonds is 5. The molecule has 1 aliphatic rings. The van der Waals surface area contributed by atoms with Crippen molar-refractivity contribution in [1.29, 1.82) is 0 Å². The molecule has 0 bridgehead atoms. The minimum atomic E-state index is -4.51. The Labute approximate surface area is 94.2 Å². The molecule has 5 heteroatoms. The van der Waals surface area contributed by atoms with Gasteiger partial charge in [0.25, 0.3) is 0 Å². The minimum Gasteiger partial charge on any atom is -0.382 e. The summed E-state index contributed by atoms with van der Waals surface area (Å²) in [5, 5.41) is 11.6. The van der Waals surface area contributed by atoms with Crippen LogP contribution in [0.4, 0.5) is 13.2 Å². The van der Waals surface area contributed by atoms with Crippen LogP contribution >= 0.6 is 0 Å². The molecule has 0 aliphatic heterocycles. The second kappa shape index (κ2) is 5.36. The van der Waals surface area contributed by atoms with Gasteiger partial charge >= 0.3 is 6.18 Å². The van der Waals surface area contributed by atoms with Crippen LogP contribution in [-0.2, 0) is 0 Å². The number of halogens is 3. The van der Waals surface area contributed by atoms with Gasteiger partial charge in [-0.1, -0.05) is 19.8 Å². The highest BCUT2D eigenvalue weighted by molar-refractivity contribution is 4.86. The maximum atomic E-state index is 12.0. The summed E-state index contributed by atoms with van der Waals surface area (Å²) in [5.41, 5.74) is 0.158. The molecule has 0 aromatic carbocycles. The topological polar surface area (TPSA) is 32.3 Å². The van der Waals surface area contributed by atoms with Crippen LogP contribution in [0.3, 0.4) is 0 Å². The SMILES string of the molecule is CCC1(CNCC(O)C(F)(F)F)CCCC1. The lowest BCUT2D eigenvalue weighted by atomic mass is 9.83. The Morgan fingerprint density at radius 3 is 2.31 bits per heavy atom. The number of alkyl halides is 3. The third-order valence-electron chi connectivity index (χ3n) is 3.63. The average Bonchev–Trinajstić information content (AvgIpc) is 2.66. The molecule has 0 amide bonds. The summed E-state index contributed by atoms with van der Waals surface area (Å²) in [4.78, 5) is 0. The molecule has 1 rings (SSSR count). The van der Waals surface area contributed by atoms with E-state index in [1.54, 1.807) is 0 Å². The van der Waals surface area contributed by atoms with Gasteiger partial charge in [0.15, 0.2) is 6.10 Å². The fourth-order valence-corrected chi connectivity index (χ4v) is 2.37. The molecule has 0 aromatic rings. The van der Waals surface area contributed by atoms with Gasteiger partial charge in [0.2, 0.25) is 0 Å². The van der Waals surface area contributed by atoms with Crippen molar-refractivity contribution in [3.63, 3.8) is 0 Å². The Balaban J connectivity index is 2.29. The van der Waals surface area contributed by atoms with Crippen LogP contribution in [0.15, 0.2) is 0 Å². The number of hydrogen-bond donors (Lipinski definition) is 2. The number of aliphatic hydroxyl groups is 1. The second-order valence-corrected chi connectivity index (χ2v) is 4.75. The van der Waals surface area contributed by atoms with E-state index in [-0.39, 0.29) is 5.41 Å². The van der Waals surface area contributed by atoms with Crippen LogP contribution in [0.2, 0.25) is 0 Å². The molecule has 1 aliphatic carbocycles. The van der Waals surface area contributed by atoms with E-state index in [0.29, 0.717) is 6.54 Å². The van der Waals surface area contributed by atoms with Crippen LogP contribution < -0.4 is 5.32 Å². The Bertz CT molecular complexity index is 212. The van der Waals surface area contributed by atoms with Crippen molar-refractivity contribution in [2.45, 2.75) is 51.3 Å². The zero-order chi connectivity index (χ0) is 12.2. The maximum Gasteiger partial charge on any atom is 0.415 e. The van der Waals surface area contributed by atoms with Crippen molar-refractivity contribution in [2.75, 3.05) is 13.1 Å². The highest BCUT2D eigenvalue weighted by atomic mass is 19.4. The van der Waals surface area contributed by atoms with Gasteiger partial charge in [0, 0.05) is 13.1 Å². The number of aliphatic hydroxyl groups excluding tert-OH is 1. The predicted molar refractivity (Wildman–Crippen MR) is 56.1 cm³/mol. The summed E-state index contributed by atoms with van der Waals surface area (Å²) in [6.07, 6.45) is -1.28. The lowest BCUT2D eigenvalue weighted by Gasteiger charge is -2.28. The first-order valence-corrected chi connectivity index (χ1v) is 5.85. The zero-order valence-electron chi connectivity index (χ0n) is 9.61. The van der Waals surface area contributed by atoms with Gasteiger partial charge in [-0.3, -0.25) is 0 Å². The first-order chi connectivity index (χ1) is 7.40. The molecule has 0 heterocycles. The summed E-state index contributed by atoms with van der Waals surface area (Å²) in [5.74, 6) is 0. The van der Waals surface area contributed by atoms with Gasteiger partial charge in [-0.15, -0.1) is 0 Å². The molecule has 2 nitrogen and oxygen atoms in total. The van der Waals surface area contributed by atoms with Gasteiger partial charge in [0.1, 0.15) is 0 Å². The number of nitrogens with one attached hydrogen (secondary N) is 1. The Morgan fingerprint density at radius 2 is 1.88 bits per heavy atom. The van der Waals surface area contributed by atoms with Gasteiger partial charge in [-0.25, -0.2) is 0 Å². The molecule has 16 heavy (non-hydrogen) atoms. The Kier molecular flexibility index (Phi) is 4.62. The van der Waals surface area contributed by atoms with Crippen LogP contribution in [0.1, 0.15) is 39.0 Å². The van der Waals surface area contributed by atoms with E-state index in [1.807, 2.05) is 0 Å². The van der Waals surface area contributed by atoms with Gasteiger partial charge in [0.05, 0.1) is 0 Å². The first kappa shape index (κ1) is 13.8. The lowest BCUT2D eigenvalue weighted by molar-refractivity contribution is -0.202. The smallest absolute Gasteiger partial charge is 0.382 e. The number of hydrogen-bond acceptors (Lipinski definition) is 2. The third kappa shape index (κ3) is 3.63. The molecule has 1 atom stereocenters. The second-order valence-electron chi connectivity index (χ2n) is 4.75. The Hall–Kier alpha value is -0.290. The van der Waals surface area contributed by atoms with E-state index in [4.69, 9.17) is 5.11 Å². The van der Waals surface area contributed by atoms with Gasteiger partial charge in [-0.2, -0.15) is 13.2 Å². The minimum absolute atomic E-state index is 0.158. The van der Waals surface area contributed by atoms with Crippen molar-refractivity contribution >= 4 is 0 Å². The highest BCUT2D eigenvalue weighted by Gasteiger charge is 2.38. The molecule has 1 saturated carbocycles. The molecule has 1 fully saturated rings. The summed E-state index contributed by atoms with van der Waals surface area (Å²) in [6, 6.07) is 0.